The standard InChI is InChI=1S/2C24H46N2O2.C20H30N2O2/c2*25-23(27)19-15-11-7-3-4-8-12-16-20-24(28)26-21-17-13-9-5-1-2-6-10-14-18-22-26;21-19(23)17-11-13-18(14-12-17)20(24)22-15-9-7-5-3-1-2-4-6-8-10-16-22/h2*1-22H2,(H2,25,27);11-14H,1-10,15-16H2,(H2,21,23). The maximum atomic E-state index is 12.8. The van der Waals surface area contributed by atoms with E-state index in [0.717, 1.165) is 103 Å². The fourth-order valence-electron chi connectivity index (χ4n) is 11.6. The molecule has 0 radical (unpaired) electrons. The topological polar surface area (TPSA) is 190 Å². The smallest absolute Gasteiger partial charge is 0.253 e. The lowest BCUT2D eigenvalue weighted by molar-refractivity contribution is -0.132. The maximum Gasteiger partial charge on any atom is 0.253 e. The van der Waals surface area contributed by atoms with Crippen molar-refractivity contribution in [2.24, 2.45) is 17.2 Å². The van der Waals surface area contributed by atoms with E-state index in [2.05, 4.69) is 9.80 Å². The van der Waals surface area contributed by atoms with Gasteiger partial charge in [0.15, 0.2) is 0 Å². The molecule has 6 N–H and O–H groups in total. The highest BCUT2D eigenvalue weighted by molar-refractivity contribution is 5.97. The Labute approximate surface area is 489 Å². The Morgan fingerprint density at radius 3 is 0.700 bits per heavy atom. The number of hydrogen-bond acceptors (Lipinski definition) is 6. The fourth-order valence-corrected chi connectivity index (χ4v) is 11.6. The van der Waals surface area contributed by atoms with E-state index in [1.807, 2.05) is 4.90 Å². The molecule has 12 heteroatoms. The summed E-state index contributed by atoms with van der Waals surface area (Å²) in [5.41, 5.74) is 16.6. The number of carbonyl (C=O) groups is 6. The van der Waals surface area contributed by atoms with Crippen LogP contribution in [0.1, 0.15) is 342 Å². The molecule has 1 aromatic rings. The molecule has 4 rings (SSSR count). The lowest BCUT2D eigenvalue weighted by atomic mass is 10.1. The van der Waals surface area contributed by atoms with E-state index in [-0.39, 0.29) is 17.7 Å². The Kier molecular flexibility index (Phi) is 46.8. The second-order valence-corrected chi connectivity index (χ2v) is 24.2. The van der Waals surface area contributed by atoms with Crippen molar-refractivity contribution in [3.05, 3.63) is 35.4 Å². The number of primary amides is 3. The number of carbonyl (C=O) groups excluding carboxylic acids is 6. The van der Waals surface area contributed by atoms with E-state index >= 15 is 0 Å². The molecule has 3 saturated heterocycles. The Hall–Kier alpha value is -3.96. The first-order chi connectivity index (χ1) is 39.1. The quantitative estimate of drug-likeness (QED) is 0.0863. The van der Waals surface area contributed by atoms with Crippen molar-refractivity contribution >= 4 is 35.4 Å². The molecule has 3 fully saturated rings. The third-order valence-electron chi connectivity index (χ3n) is 16.9. The third kappa shape index (κ3) is 41.9. The van der Waals surface area contributed by atoms with Gasteiger partial charge in [-0.25, -0.2) is 0 Å². The first-order valence-electron chi connectivity index (χ1n) is 33.9. The van der Waals surface area contributed by atoms with Crippen LogP contribution in [0.15, 0.2) is 24.3 Å². The zero-order valence-electron chi connectivity index (χ0n) is 51.4. The minimum absolute atomic E-state index is 0.0703. The molecule has 12 nitrogen and oxygen atoms in total. The molecule has 1 aromatic carbocycles. The van der Waals surface area contributed by atoms with Gasteiger partial charge in [0.05, 0.1) is 0 Å². The summed E-state index contributed by atoms with van der Waals surface area (Å²) < 4.78 is 0. The molecule has 0 unspecified atom stereocenters. The summed E-state index contributed by atoms with van der Waals surface area (Å²) in [6.45, 7) is 5.56. The number of rotatable bonds is 24. The van der Waals surface area contributed by atoms with Gasteiger partial charge >= 0.3 is 0 Å². The predicted molar refractivity (Wildman–Crippen MR) is 333 cm³/mol. The Bertz CT molecular complexity index is 1590. The third-order valence-corrected chi connectivity index (χ3v) is 16.9. The van der Waals surface area contributed by atoms with E-state index < -0.39 is 5.91 Å². The summed E-state index contributed by atoms with van der Waals surface area (Å²) in [7, 11) is 0. The van der Waals surface area contributed by atoms with Crippen LogP contribution in [0.4, 0.5) is 0 Å². The Balaban J connectivity index is 0.000000411. The zero-order valence-corrected chi connectivity index (χ0v) is 51.4. The van der Waals surface area contributed by atoms with Gasteiger partial charge in [0.2, 0.25) is 29.5 Å². The molecular formula is C68H122N6O6. The van der Waals surface area contributed by atoms with Crippen LogP contribution in [0.2, 0.25) is 0 Å². The van der Waals surface area contributed by atoms with Crippen molar-refractivity contribution in [3.8, 4) is 0 Å². The number of nitrogens with zero attached hydrogens (tertiary/aromatic N) is 3. The lowest BCUT2D eigenvalue weighted by Gasteiger charge is -2.23. The average Bonchev–Trinajstić information content (AvgIpc) is 3.52. The summed E-state index contributed by atoms with van der Waals surface area (Å²) in [6, 6.07) is 6.69. The van der Waals surface area contributed by atoms with Gasteiger partial charge in [-0.2, -0.15) is 0 Å². The van der Waals surface area contributed by atoms with Gasteiger partial charge < -0.3 is 31.9 Å². The molecule has 3 aliphatic heterocycles. The van der Waals surface area contributed by atoms with E-state index in [0.29, 0.717) is 35.8 Å². The summed E-state index contributed by atoms with van der Waals surface area (Å²) >= 11 is 0. The highest BCUT2D eigenvalue weighted by Gasteiger charge is 2.17. The number of nitrogens with two attached hydrogens (primary N) is 3. The van der Waals surface area contributed by atoms with Crippen LogP contribution in [0, 0.1) is 0 Å². The van der Waals surface area contributed by atoms with Crippen LogP contribution in [0.5, 0.6) is 0 Å². The van der Waals surface area contributed by atoms with Crippen molar-refractivity contribution in [2.45, 2.75) is 321 Å². The van der Waals surface area contributed by atoms with E-state index in [1.165, 1.54) is 244 Å². The van der Waals surface area contributed by atoms with E-state index in [1.54, 1.807) is 24.3 Å². The average molecular weight is 1120 g/mol. The van der Waals surface area contributed by atoms with Crippen LogP contribution < -0.4 is 17.2 Å². The van der Waals surface area contributed by atoms with Crippen LogP contribution in [-0.4, -0.2) is 89.4 Å². The highest BCUT2D eigenvalue weighted by Crippen LogP contribution is 2.20. The van der Waals surface area contributed by atoms with Crippen molar-refractivity contribution in [3.63, 3.8) is 0 Å². The van der Waals surface area contributed by atoms with Gasteiger partial charge in [-0.15, -0.1) is 0 Å². The van der Waals surface area contributed by atoms with Gasteiger partial charge in [-0.3, -0.25) is 28.8 Å². The van der Waals surface area contributed by atoms with Crippen molar-refractivity contribution in [2.75, 3.05) is 39.3 Å². The van der Waals surface area contributed by atoms with Gasteiger partial charge in [0.1, 0.15) is 0 Å². The molecule has 0 spiro atoms. The molecule has 0 bridgehead atoms. The first-order valence-corrected chi connectivity index (χ1v) is 33.9. The minimum Gasteiger partial charge on any atom is -0.370 e. The number of benzene rings is 1. The monoisotopic (exact) mass is 1120 g/mol. The van der Waals surface area contributed by atoms with E-state index in [9.17, 15) is 28.8 Å². The molecule has 0 atom stereocenters. The minimum atomic E-state index is -0.462. The van der Waals surface area contributed by atoms with Gasteiger partial charge in [0, 0.05) is 76.1 Å². The summed E-state index contributed by atoms with van der Waals surface area (Å²) in [6.07, 6.45) is 59.6. The molecule has 80 heavy (non-hydrogen) atoms. The number of amides is 6. The second kappa shape index (κ2) is 51.9. The second-order valence-electron chi connectivity index (χ2n) is 24.2. The summed E-state index contributed by atoms with van der Waals surface area (Å²) in [5, 5.41) is 0. The van der Waals surface area contributed by atoms with Crippen molar-refractivity contribution in [1.82, 2.24) is 14.7 Å². The zero-order chi connectivity index (χ0) is 57.8. The molecule has 3 heterocycles. The molecule has 0 aliphatic carbocycles. The van der Waals surface area contributed by atoms with Gasteiger partial charge in [-0.05, 0) is 88.5 Å². The summed E-state index contributed by atoms with van der Waals surface area (Å²) in [4.78, 5) is 76.9. The Morgan fingerprint density at radius 2 is 0.463 bits per heavy atom. The molecule has 6 amide bonds. The normalized spacial score (nSPS) is 17.6. The largest absolute Gasteiger partial charge is 0.370 e. The van der Waals surface area contributed by atoms with E-state index in [4.69, 9.17) is 17.2 Å². The van der Waals surface area contributed by atoms with Crippen LogP contribution in [0.3, 0.4) is 0 Å². The molecule has 0 saturated carbocycles. The maximum absolute atomic E-state index is 12.8. The van der Waals surface area contributed by atoms with Gasteiger partial charge in [-0.1, -0.05) is 231 Å². The van der Waals surface area contributed by atoms with Crippen molar-refractivity contribution in [1.29, 1.82) is 0 Å². The van der Waals surface area contributed by atoms with Crippen LogP contribution in [-0.2, 0) is 19.2 Å². The van der Waals surface area contributed by atoms with Crippen LogP contribution in [0.25, 0.3) is 0 Å². The number of hydrogen-bond donors (Lipinski definition) is 3. The highest BCUT2D eigenvalue weighted by atomic mass is 16.2. The lowest BCUT2D eigenvalue weighted by Crippen LogP contribution is -2.33. The number of unbranched alkanes of at least 4 members (excludes halogenated alkanes) is 14. The van der Waals surface area contributed by atoms with Crippen LogP contribution >= 0.6 is 0 Å². The Morgan fingerprint density at radius 1 is 0.263 bits per heavy atom. The van der Waals surface area contributed by atoms with Crippen molar-refractivity contribution < 1.29 is 28.8 Å². The van der Waals surface area contributed by atoms with Gasteiger partial charge in [0.25, 0.3) is 5.91 Å². The SMILES string of the molecule is NC(=O)CCCCCCCCCCC(=O)N1CCCCCCCCCCCC1.NC(=O)CCCCCCCCCCC(=O)N1CCCCCCCCCCCC1.NC(=O)c1ccc(C(=O)N2CCCCCCCCCCCC2)cc1. The molecule has 460 valence electrons. The summed E-state index contributed by atoms with van der Waals surface area (Å²) in [5.74, 6) is 0.0229. The first kappa shape index (κ1) is 72.1. The molecule has 0 aromatic heterocycles. The molecule has 3 aliphatic rings. The fraction of sp³-hybridized carbons (Fsp3) is 0.824. The predicted octanol–water partition coefficient (Wildman–Crippen LogP) is 16.4. The molecular weight excluding hydrogens is 997 g/mol.